The molecule has 0 spiro atoms. The number of rotatable bonds is 3. The molecule has 4 rings (SSSR count). The molecule has 0 radical (unpaired) electrons. The Labute approximate surface area is 146 Å². The Morgan fingerprint density at radius 2 is 2.08 bits per heavy atom. The minimum Gasteiger partial charge on any atom is -0.477 e. The van der Waals surface area contributed by atoms with E-state index in [1.54, 1.807) is 12.3 Å². The van der Waals surface area contributed by atoms with Crippen molar-refractivity contribution < 1.29 is 9.90 Å². The number of piperidine rings is 1. The van der Waals surface area contributed by atoms with E-state index >= 15 is 0 Å². The van der Waals surface area contributed by atoms with Crippen LogP contribution in [0.15, 0.2) is 35.3 Å². The molecule has 25 heavy (non-hydrogen) atoms. The molecular formula is C19H23N3O3. The maximum Gasteiger partial charge on any atom is 0.341 e. The SMILES string of the molecule is O=C(O)c1ccc2cc(N3CCCC(C4CCNC4)C3)ccn2c1=O. The number of aromatic carboxylic acids is 1. The molecule has 2 fully saturated rings. The third kappa shape index (κ3) is 3.02. The van der Waals surface area contributed by atoms with Gasteiger partial charge in [-0.3, -0.25) is 9.20 Å². The quantitative estimate of drug-likeness (QED) is 0.891. The number of carboxylic acid groups (broad SMARTS) is 1. The Balaban J connectivity index is 1.62. The van der Waals surface area contributed by atoms with Gasteiger partial charge in [-0.25, -0.2) is 4.79 Å². The van der Waals surface area contributed by atoms with E-state index in [1.807, 2.05) is 12.1 Å². The van der Waals surface area contributed by atoms with Crippen molar-refractivity contribution in [3.8, 4) is 0 Å². The van der Waals surface area contributed by atoms with Gasteiger partial charge in [-0.1, -0.05) is 0 Å². The highest BCUT2D eigenvalue weighted by Gasteiger charge is 2.29. The third-order valence-electron chi connectivity index (χ3n) is 5.66. The van der Waals surface area contributed by atoms with E-state index in [2.05, 4.69) is 10.2 Å². The fourth-order valence-corrected chi connectivity index (χ4v) is 4.26. The molecule has 132 valence electrons. The van der Waals surface area contributed by atoms with Crippen LogP contribution >= 0.6 is 0 Å². The van der Waals surface area contributed by atoms with Crippen LogP contribution in [-0.4, -0.2) is 41.7 Å². The lowest BCUT2D eigenvalue weighted by molar-refractivity contribution is 0.0695. The van der Waals surface area contributed by atoms with Gasteiger partial charge in [0.05, 0.1) is 5.52 Å². The molecule has 0 amide bonds. The van der Waals surface area contributed by atoms with Gasteiger partial charge < -0.3 is 15.3 Å². The highest BCUT2D eigenvalue weighted by Crippen LogP contribution is 2.30. The van der Waals surface area contributed by atoms with Gasteiger partial charge in [0.1, 0.15) is 5.56 Å². The molecule has 4 heterocycles. The van der Waals surface area contributed by atoms with Gasteiger partial charge in [0.25, 0.3) is 5.56 Å². The lowest BCUT2D eigenvalue weighted by atomic mass is 9.85. The topological polar surface area (TPSA) is 74.1 Å². The fraction of sp³-hybridized carbons (Fsp3) is 0.474. The molecule has 2 aromatic heterocycles. The van der Waals surface area contributed by atoms with Crippen molar-refractivity contribution >= 4 is 17.2 Å². The first-order chi connectivity index (χ1) is 12.1. The number of aromatic nitrogens is 1. The zero-order valence-corrected chi connectivity index (χ0v) is 14.1. The van der Waals surface area contributed by atoms with Crippen LogP contribution in [0.2, 0.25) is 0 Å². The minimum absolute atomic E-state index is 0.197. The van der Waals surface area contributed by atoms with E-state index < -0.39 is 11.5 Å². The van der Waals surface area contributed by atoms with E-state index in [0.717, 1.165) is 49.2 Å². The van der Waals surface area contributed by atoms with Crippen LogP contribution in [0.3, 0.4) is 0 Å². The third-order valence-corrected chi connectivity index (χ3v) is 5.66. The summed E-state index contributed by atoms with van der Waals surface area (Å²) in [5.41, 5.74) is 1.16. The molecule has 2 aliphatic heterocycles. The second-order valence-corrected chi connectivity index (χ2v) is 7.14. The Morgan fingerprint density at radius 3 is 2.84 bits per heavy atom. The zero-order chi connectivity index (χ0) is 17.4. The molecule has 0 aliphatic carbocycles. The van der Waals surface area contributed by atoms with E-state index in [1.165, 1.54) is 29.7 Å². The molecule has 2 unspecified atom stereocenters. The summed E-state index contributed by atoms with van der Waals surface area (Å²) >= 11 is 0. The van der Waals surface area contributed by atoms with E-state index in [-0.39, 0.29) is 5.56 Å². The molecule has 0 aromatic carbocycles. The minimum atomic E-state index is -1.19. The standard InChI is InChI=1S/C19H23N3O3/c23-18-17(19(24)25)4-3-16-10-15(6-9-22(16)18)21-8-1-2-14(12-21)13-5-7-20-11-13/h3-4,6,9-10,13-14,20H,1-2,5,7-8,11-12H2,(H,24,25). The van der Waals surface area contributed by atoms with Gasteiger partial charge in [0.2, 0.25) is 0 Å². The average Bonchev–Trinajstić information content (AvgIpc) is 3.16. The van der Waals surface area contributed by atoms with Crippen molar-refractivity contribution in [1.29, 1.82) is 0 Å². The van der Waals surface area contributed by atoms with Gasteiger partial charge in [-0.05, 0) is 68.5 Å². The fourth-order valence-electron chi connectivity index (χ4n) is 4.26. The van der Waals surface area contributed by atoms with Gasteiger partial charge >= 0.3 is 5.97 Å². The molecule has 2 saturated heterocycles. The van der Waals surface area contributed by atoms with Crippen molar-refractivity contribution in [2.45, 2.75) is 19.3 Å². The van der Waals surface area contributed by atoms with Crippen molar-refractivity contribution in [3.05, 3.63) is 46.4 Å². The summed E-state index contributed by atoms with van der Waals surface area (Å²) in [6, 6.07) is 7.02. The van der Waals surface area contributed by atoms with Crippen LogP contribution in [0.4, 0.5) is 5.69 Å². The first kappa shape index (κ1) is 16.1. The van der Waals surface area contributed by atoms with E-state index in [4.69, 9.17) is 5.11 Å². The molecule has 6 nitrogen and oxygen atoms in total. The Hall–Kier alpha value is -2.34. The molecule has 2 N–H and O–H groups in total. The van der Waals surface area contributed by atoms with Gasteiger partial charge in [-0.15, -0.1) is 0 Å². The van der Waals surface area contributed by atoms with Crippen molar-refractivity contribution in [2.75, 3.05) is 31.1 Å². The van der Waals surface area contributed by atoms with Crippen LogP contribution in [0.1, 0.15) is 29.6 Å². The summed E-state index contributed by atoms with van der Waals surface area (Å²) in [5.74, 6) is 0.299. The summed E-state index contributed by atoms with van der Waals surface area (Å²) in [6.45, 7) is 4.35. The largest absolute Gasteiger partial charge is 0.477 e. The zero-order valence-electron chi connectivity index (χ0n) is 14.1. The molecule has 0 saturated carbocycles. The molecule has 0 bridgehead atoms. The summed E-state index contributed by atoms with van der Waals surface area (Å²) in [4.78, 5) is 25.8. The summed E-state index contributed by atoms with van der Waals surface area (Å²) < 4.78 is 1.41. The maximum absolute atomic E-state index is 12.2. The maximum atomic E-state index is 12.2. The predicted molar refractivity (Wildman–Crippen MR) is 96.5 cm³/mol. The first-order valence-electron chi connectivity index (χ1n) is 8.98. The molecule has 2 aliphatic rings. The normalized spacial score (nSPS) is 23.9. The van der Waals surface area contributed by atoms with Crippen LogP contribution in [0.25, 0.3) is 5.52 Å². The van der Waals surface area contributed by atoms with Crippen molar-refractivity contribution in [1.82, 2.24) is 9.72 Å². The van der Waals surface area contributed by atoms with Crippen molar-refractivity contribution in [3.63, 3.8) is 0 Å². The summed E-state index contributed by atoms with van der Waals surface area (Å²) in [5, 5.41) is 12.6. The van der Waals surface area contributed by atoms with Gasteiger partial charge in [0, 0.05) is 25.0 Å². The predicted octanol–water partition coefficient (Wildman–Crippen LogP) is 1.82. The van der Waals surface area contributed by atoms with Crippen LogP contribution < -0.4 is 15.8 Å². The number of nitrogens with zero attached hydrogens (tertiary/aromatic N) is 2. The smallest absolute Gasteiger partial charge is 0.341 e. The summed E-state index contributed by atoms with van der Waals surface area (Å²) in [6.07, 6.45) is 5.44. The number of anilines is 1. The second-order valence-electron chi connectivity index (χ2n) is 7.14. The Morgan fingerprint density at radius 1 is 1.20 bits per heavy atom. The van der Waals surface area contributed by atoms with Crippen LogP contribution in [-0.2, 0) is 0 Å². The van der Waals surface area contributed by atoms with Crippen molar-refractivity contribution in [2.24, 2.45) is 11.8 Å². The number of carbonyl (C=O) groups is 1. The number of carboxylic acids is 1. The lowest BCUT2D eigenvalue weighted by Gasteiger charge is -2.37. The summed E-state index contributed by atoms with van der Waals surface area (Å²) in [7, 11) is 0. The average molecular weight is 341 g/mol. The lowest BCUT2D eigenvalue weighted by Crippen LogP contribution is -2.39. The highest BCUT2D eigenvalue weighted by molar-refractivity contribution is 5.87. The van der Waals surface area contributed by atoms with E-state index in [0.29, 0.717) is 0 Å². The molecular weight excluding hydrogens is 318 g/mol. The highest BCUT2D eigenvalue weighted by atomic mass is 16.4. The van der Waals surface area contributed by atoms with Crippen LogP contribution in [0.5, 0.6) is 0 Å². The molecule has 6 heteroatoms. The number of hydrogen-bond donors (Lipinski definition) is 2. The molecule has 2 atom stereocenters. The number of pyridine rings is 2. The number of hydrogen-bond acceptors (Lipinski definition) is 4. The Bertz CT molecular complexity index is 855. The number of nitrogens with one attached hydrogen (secondary N) is 1. The van der Waals surface area contributed by atoms with Gasteiger partial charge in [0.15, 0.2) is 0 Å². The monoisotopic (exact) mass is 341 g/mol. The van der Waals surface area contributed by atoms with Crippen LogP contribution in [0, 0.1) is 11.8 Å². The molecule has 2 aromatic rings. The first-order valence-corrected chi connectivity index (χ1v) is 8.98. The second kappa shape index (κ2) is 6.52. The Kier molecular flexibility index (Phi) is 4.21. The van der Waals surface area contributed by atoms with E-state index in [9.17, 15) is 9.59 Å². The van der Waals surface area contributed by atoms with Gasteiger partial charge in [-0.2, -0.15) is 0 Å². The number of fused-ring (bicyclic) bond motifs is 1.